The van der Waals surface area contributed by atoms with Crippen LogP contribution in [0.3, 0.4) is 0 Å². The third-order valence-electron chi connectivity index (χ3n) is 11.2. The van der Waals surface area contributed by atoms with Crippen molar-refractivity contribution in [2.75, 3.05) is 5.32 Å². The lowest BCUT2D eigenvalue weighted by Gasteiger charge is -2.15. The lowest BCUT2D eigenvalue weighted by molar-refractivity contribution is 0.260. The van der Waals surface area contributed by atoms with Crippen LogP contribution in [0.5, 0.6) is 5.75 Å². The number of nitrogens with zero attached hydrogens (tertiary/aromatic N) is 3. The van der Waals surface area contributed by atoms with Gasteiger partial charge in [0.2, 0.25) is 0 Å². The fraction of sp³-hybridized carbons (Fsp3) is 0.0185. The van der Waals surface area contributed by atoms with E-state index in [2.05, 4.69) is 151 Å². The Balaban J connectivity index is 1.01. The van der Waals surface area contributed by atoms with Gasteiger partial charge >= 0.3 is 0 Å². The van der Waals surface area contributed by atoms with Crippen LogP contribution in [0.25, 0.3) is 89.1 Å². The summed E-state index contributed by atoms with van der Waals surface area (Å²) in [6.45, 7) is 0. The summed E-state index contributed by atoms with van der Waals surface area (Å²) in [6.07, 6.45) is -0.283. The number of aromatic nitrogens is 3. The zero-order chi connectivity index (χ0) is 39.1. The summed E-state index contributed by atoms with van der Waals surface area (Å²) < 4.78 is 6.53. The molecule has 0 radical (unpaired) electrons. The molecule has 1 N–H and O–H groups in total. The van der Waals surface area contributed by atoms with Crippen LogP contribution in [0.15, 0.2) is 206 Å². The molecule has 1 aliphatic heterocycles. The van der Waals surface area contributed by atoms with Gasteiger partial charge in [-0.25, -0.2) is 15.0 Å². The van der Waals surface area contributed by atoms with Gasteiger partial charge in [0.05, 0.1) is 28.3 Å². The zero-order valence-corrected chi connectivity index (χ0v) is 32.0. The van der Waals surface area contributed by atoms with Crippen molar-refractivity contribution in [1.82, 2.24) is 15.0 Å². The van der Waals surface area contributed by atoms with Gasteiger partial charge in [0.1, 0.15) is 5.75 Å². The molecule has 3 heterocycles. The van der Waals surface area contributed by atoms with Crippen LogP contribution in [0.1, 0.15) is 11.8 Å². The molecule has 2 aromatic heterocycles. The van der Waals surface area contributed by atoms with E-state index >= 15 is 0 Å². The van der Waals surface area contributed by atoms with Gasteiger partial charge in [-0.05, 0) is 46.5 Å². The molecule has 1 atom stereocenters. The van der Waals surface area contributed by atoms with Crippen LogP contribution >= 0.6 is 0 Å². The Labute approximate surface area is 342 Å². The van der Waals surface area contributed by atoms with Crippen molar-refractivity contribution >= 4 is 27.4 Å². The van der Waals surface area contributed by atoms with Gasteiger partial charge < -0.3 is 10.1 Å². The predicted octanol–water partition coefficient (Wildman–Crippen LogP) is 13.7. The van der Waals surface area contributed by atoms with Crippen molar-refractivity contribution < 1.29 is 4.74 Å². The van der Waals surface area contributed by atoms with E-state index in [0.29, 0.717) is 5.82 Å². The Morgan fingerprint density at radius 2 is 0.881 bits per heavy atom. The highest BCUT2D eigenvalue weighted by Gasteiger charge is 2.27. The topological polar surface area (TPSA) is 59.9 Å². The minimum atomic E-state index is -0.283. The molecule has 0 aliphatic carbocycles. The van der Waals surface area contributed by atoms with Gasteiger partial charge in [-0.1, -0.05) is 182 Å². The summed E-state index contributed by atoms with van der Waals surface area (Å²) in [7, 11) is 0. The largest absolute Gasteiger partial charge is 0.464 e. The normalized spacial score (nSPS) is 13.2. The maximum atomic E-state index is 6.53. The standard InChI is InChI=1S/C54H36N4O/c1-5-13-35(14-6-1)36-23-27-40(28-24-36)51-45-31-32-49-52(58-54(59-49)42-19-11-4-12-20-42)50(45)44-30-29-43(33-48(44)55-51)37-21-25-39(26-22-37)47-34-46(38-15-7-2-8-16-38)56-53(57-47)41-17-9-3-10-18-41/h1-34,54,58H. The third kappa shape index (κ3) is 6.45. The molecular formula is C54H36N4O. The van der Waals surface area contributed by atoms with E-state index in [1.54, 1.807) is 0 Å². The van der Waals surface area contributed by atoms with Crippen molar-refractivity contribution in [3.8, 4) is 73.2 Å². The number of benzene rings is 8. The highest BCUT2D eigenvalue weighted by molar-refractivity contribution is 6.18. The van der Waals surface area contributed by atoms with Crippen molar-refractivity contribution in [3.63, 3.8) is 0 Å². The summed E-state index contributed by atoms with van der Waals surface area (Å²) >= 11 is 0. The highest BCUT2D eigenvalue weighted by Crippen LogP contribution is 2.47. The van der Waals surface area contributed by atoms with Gasteiger partial charge in [0.25, 0.3) is 0 Å². The molecule has 278 valence electrons. The molecule has 0 amide bonds. The van der Waals surface area contributed by atoms with Gasteiger partial charge in [0, 0.05) is 44.0 Å². The number of ether oxygens (including phenoxy) is 1. The number of anilines is 1. The summed E-state index contributed by atoms with van der Waals surface area (Å²) in [4.78, 5) is 15.4. The van der Waals surface area contributed by atoms with E-state index < -0.39 is 0 Å². The fourth-order valence-corrected chi connectivity index (χ4v) is 8.14. The number of rotatable bonds is 7. The van der Waals surface area contributed by atoms with Crippen LogP contribution in [0, 0.1) is 0 Å². The average Bonchev–Trinajstić information content (AvgIpc) is 3.77. The second kappa shape index (κ2) is 14.6. The third-order valence-corrected chi connectivity index (χ3v) is 11.2. The van der Waals surface area contributed by atoms with E-state index in [-0.39, 0.29) is 6.23 Å². The van der Waals surface area contributed by atoms with Crippen molar-refractivity contribution in [1.29, 1.82) is 0 Å². The van der Waals surface area contributed by atoms with Crippen LogP contribution < -0.4 is 10.1 Å². The molecule has 5 heteroatoms. The highest BCUT2D eigenvalue weighted by atomic mass is 16.5. The molecule has 59 heavy (non-hydrogen) atoms. The summed E-state index contributed by atoms with van der Waals surface area (Å²) in [5, 5.41) is 6.96. The van der Waals surface area contributed by atoms with Crippen molar-refractivity contribution in [2.45, 2.75) is 6.23 Å². The SMILES string of the molecule is c1ccc(-c2ccc(-c3nc4cc(-c5ccc(-c6cc(-c7ccccc7)nc(-c7ccccc7)n6)cc5)ccc4c4c5c(ccc34)OC(c3ccccc3)N5)cc2)cc1. The lowest BCUT2D eigenvalue weighted by Crippen LogP contribution is -2.09. The summed E-state index contributed by atoms with van der Waals surface area (Å²) in [5.74, 6) is 1.53. The zero-order valence-electron chi connectivity index (χ0n) is 32.0. The molecule has 11 rings (SSSR count). The molecule has 8 aromatic carbocycles. The van der Waals surface area contributed by atoms with Crippen molar-refractivity contribution in [2.24, 2.45) is 0 Å². The van der Waals surface area contributed by atoms with E-state index in [1.807, 2.05) is 60.7 Å². The number of hydrogen-bond acceptors (Lipinski definition) is 5. The Hall–Kier alpha value is -7.89. The lowest BCUT2D eigenvalue weighted by atomic mass is 9.95. The fourth-order valence-electron chi connectivity index (χ4n) is 8.14. The second-order valence-corrected chi connectivity index (χ2v) is 14.8. The predicted molar refractivity (Wildman–Crippen MR) is 241 cm³/mol. The molecule has 0 saturated carbocycles. The minimum Gasteiger partial charge on any atom is -0.464 e. The van der Waals surface area contributed by atoms with Crippen LogP contribution in [0.2, 0.25) is 0 Å². The molecule has 0 spiro atoms. The number of fused-ring (bicyclic) bond motifs is 5. The smallest absolute Gasteiger partial charge is 0.196 e. The Bertz CT molecular complexity index is 3060. The first-order chi connectivity index (χ1) is 29.2. The van der Waals surface area contributed by atoms with E-state index in [1.165, 1.54) is 11.1 Å². The average molecular weight is 757 g/mol. The molecule has 0 fully saturated rings. The van der Waals surface area contributed by atoms with Gasteiger partial charge in [-0.2, -0.15) is 0 Å². The first kappa shape index (κ1) is 34.4. The molecular weight excluding hydrogens is 721 g/mol. The first-order valence-corrected chi connectivity index (χ1v) is 19.9. The first-order valence-electron chi connectivity index (χ1n) is 19.9. The van der Waals surface area contributed by atoms with E-state index in [0.717, 1.165) is 89.1 Å². The minimum absolute atomic E-state index is 0.283. The number of nitrogens with one attached hydrogen (secondary N) is 1. The molecule has 10 aromatic rings. The van der Waals surface area contributed by atoms with E-state index in [4.69, 9.17) is 19.7 Å². The quantitative estimate of drug-likeness (QED) is 0.164. The Morgan fingerprint density at radius 1 is 0.390 bits per heavy atom. The van der Waals surface area contributed by atoms with Gasteiger partial charge in [0.15, 0.2) is 12.1 Å². The van der Waals surface area contributed by atoms with Crippen LogP contribution in [-0.2, 0) is 0 Å². The van der Waals surface area contributed by atoms with E-state index in [9.17, 15) is 0 Å². The number of pyridine rings is 1. The molecule has 5 nitrogen and oxygen atoms in total. The van der Waals surface area contributed by atoms with Crippen molar-refractivity contribution in [3.05, 3.63) is 212 Å². The monoisotopic (exact) mass is 756 g/mol. The van der Waals surface area contributed by atoms with Gasteiger partial charge in [-0.3, -0.25) is 0 Å². The summed E-state index contributed by atoms with van der Waals surface area (Å²) in [6, 6.07) is 71.5. The number of hydrogen-bond donors (Lipinski definition) is 1. The molecule has 1 unspecified atom stereocenters. The Morgan fingerprint density at radius 3 is 1.54 bits per heavy atom. The second-order valence-electron chi connectivity index (χ2n) is 14.8. The van der Waals surface area contributed by atoms with Crippen LogP contribution in [0.4, 0.5) is 5.69 Å². The van der Waals surface area contributed by atoms with Crippen LogP contribution in [-0.4, -0.2) is 15.0 Å². The Kier molecular flexibility index (Phi) is 8.48. The van der Waals surface area contributed by atoms with Gasteiger partial charge in [-0.15, -0.1) is 0 Å². The molecule has 1 aliphatic rings. The molecule has 0 bridgehead atoms. The molecule has 0 saturated heterocycles. The maximum Gasteiger partial charge on any atom is 0.196 e. The maximum absolute atomic E-state index is 6.53. The summed E-state index contributed by atoms with van der Waals surface area (Å²) in [5.41, 5.74) is 14.3.